The lowest BCUT2D eigenvalue weighted by atomic mass is 10.1. The minimum absolute atomic E-state index is 0.0794. The van der Waals surface area contributed by atoms with E-state index in [1.54, 1.807) is 30.6 Å². The Hall–Kier alpha value is -1.39. The van der Waals surface area contributed by atoms with Crippen LogP contribution in [0.15, 0.2) is 47.2 Å². The molecule has 5 heteroatoms. The number of nitrogens with one attached hydrogen (secondary N) is 1. The number of halogens is 2. The highest BCUT2D eigenvalue weighted by Crippen LogP contribution is 2.20. The molecule has 0 atom stereocenters. The number of amides is 1. The lowest BCUT2D eigenvalue weighted by Crippen LogP contribution is -2.14. The average Bonchev–Trinajstić information content (AvgIpc) is 2.35. The number of carbonyl (C=O) groups excluding carboxylic acids is 1. The number of carbonyl (C=O) groups is 1. The van der Waals surface area contributed by atoms with Crippen LogP contribution in [0.25, 0.3) is 0 Å². The molecule has 3 nitrogen and oxygen atoms in total. The third-order valence-corrected chi connectivity index (χ3v) is 3.21. The van der Waals surface area contributed by atoms with E-state index in [-0.39, 0.29) is 5.91 Å². The number of benzene rings is 1. The SMILES string of the molecule is O=C(Cc1ccc(Cl)cc1)Nc1ccncc1Br. The van der Waals surface area contributed by atoms with E-state index in [1.807, 2.05) is 12.1 Å². The summed E-state index contributed by atoms with van der Waals surface area (Å²) >= 11 is 9.11. The molecule has 0 radical (unpaired) electrons. The fourth-order valence-corrected chi connectivity index (χ4v) is 1.93. The van der Waals surface area contributed by atoms with Gasteiger partial charge in [0.15, 0.2) is 0 Å². The summed E-state index contributed by atoms with van der Waals surface area (Å²) in [5.41, 5.74) is 1.63. The van der Waals surface area contributed by atoms with Gasteiger partial charge >= 0.3 is 0 Å². The Morgan fingerprint density at radius 3 is 2.67 bits per heavy atom. The minimum atomic E-state index is -0.0794. The van der Waals surface area contributed by atoms with Crippen molar-refractivity contribution in [2.75, 3.05) is 5.32 Å². The molecule has 0 aliphatic rings. The molecule has 1 heterocycles. The van der Waals surface area contributed by atoms with Crippen molar-refractivity contribution in [3.05, 3.63) is 57.8 Å². The van der Waals surface area contributed by atoms with Gasteiger partial charge in [-0.25, -0.2) is 0 Å². The van der Waals surface area contributed by atoms with Crippen LogP contribution in [0.5, 0.6) is 0 Å². The molecule has 0 aliphatic carbocycles. The Balaban J connectivity index is 2.01. The maximum atomic E-state index is 11.8. The normalized spacial score (nSPS) is 10.1. The van der Waals surface area contributed by atoms with Crippen molar-refractivity contribution >= 4 is 39.1 Å². The van der Waals surface area contributed by atoms with Crippen molar-refractivity contribution < 1.29 is 4.79 Å². The number of hydrogen-bond acceptors (Lipinski definition) is 2. The standard InChI is InChI=1S/C13H10BrClN2O/c14-11-8-16-6-5-12(11)17-13(18)7-9-1-3-10(15)4-2-9/h1-6,8H,7H2,(H,16,17,18). The van der Waals surface area contributed by atoms with Gasteiger partial charge in [-0.05, 0) is 39.7 Å². The summed E-state index contributed by atoms with van der Waals surface area (Å²) in [6.45, 7) is 0. The summed E-state index contributed by atoms with van der Waals surface area (Å²) in [6.07, 6.45) is 3.58. The minimum Gasteiger partial charge on any atom is -0.325 e. The largest absolute Gasteiger partial charge is 0.325 e. The number of rotatable bonds is 3. The van der Waals surface area contributed by atoms with Crippen LogP contribution in [0.1, 0.15) is 5.56 Å². The Morgan fingerprint density at radius 2 is 2.00 bits per heavy atom. The molecule has 0 bridgehead atoms. The number of aromatic nitrogens is 1. The van der Waals surface area contributed by atoms with Crippen LogP contribution in [0.2, 0.25) is 5.02 Å². The Kier molecular flexibility index (Phi) is 4.33. The molecule has 0 spiro atoms. The highest BCUT2D eigenvalue weighted by molar-refractivity contribution is 9.10. The summed E-state index contributed by atoms with van der Waals surface area (Å²) < 4.78 is 0.759. The predicted molar refractivity (Wildman–Crippen MR) is 75.7 cm³/mol. The Labute approximate surface area is 118 Å². The lowest BCUT2D eigenvalue weighted by molar-refractivity contribution is -0.115. The molecule has 1 aromatic carbocycles. The summed E-state index contributed by atoms with van der Waals surface area (Å²) in [4.78, 5) is 15.8. The van der Waals surface area contributed by atoms with Crippen molar-refractivity contribution in [1.82, 2.24) is 4.98 Å². The topological polar surface area (TPSA) is 42.0 Å². The second kappa shape index (κ2) is 5.98. The van der Waals surface area contributed by atoms with E-state index in [0.717, 1.165) is 10.0 Å². The molecule has 2 aromatic rings. The maximum absolute atomic E-state index is 11.8. The van der Waals surface area contributed by atoms with Gasteiger partial charge in [0, 0.05) is 17.4 Å². The molecule has 1 N–H and O–H groups in total. The number of pyridine rings is 1. The first kappa shape index (κ1) is 13.1. The van der Waals surface area contributed by atoms with Gasteiger partial charge in [-0.2, -0.15) is 0 Å². The maximum Gasteiger partial charge on any atom is 0.228 e. The van der Waals surface area contributed by atoms with E-state index in [0.29, 0.717) is 17.1 Å². The molecule has 92 valence electrons. The van der Waals surface area contributed by atoms with Crippen LogP contribution < -0.4 is 5.32 Å². The van der Waals surface area contributed by atoms with Crippen LogP contribution in [-0.4, -0.2) is 10.9 Å². The van der Waals surface area contributed by atoms with Gasteiger partial charge < -0.3 is 5.32 Å². The van der Waals surface area contributed by atoms with Crippen LogP contribution in [0, 0.1) is 0 Å². The Morgan fingerprint density at radius 1 is 1.28 bits per heavy atom. The van der Waals surface area contributed by atoms with Gasteiger partial charge in [0.05, 0.1) is 16.6 Å². The quantitative estimate of drug-likeness (QED) is 0.935. The molecule has 0 aliphatic heterocycles. The molecular weight excluding hydrogens is 316 g/mol. The summed E-state index contributed by atoms with van der Waals surface area (Å²) in [5, 5.41) is 3.48. The zero-order valence-electron chi connectivity index (χ0n) is 9.36. The van der Waals surface area contributed by atoms with E-state index < -0.39 is 0 Å². The second-order valence-corrected chi connectivity index (χ2v) is 5.00. The predicted octanol–water partition coefficient (Wildman–Crippen LogP) is 3.68. The lowest BCUT2D eigenvalue weighted by Gasteiger charge is -2.06. The summed E-state index contributed by atoms with van der Waals surface area (Å²) in [7, 11) is 0. The average molecular weight is 326 g/mol. The summed E-state index contributed by atoms with van der Waals surface area (Å²) in [6, 6.07) is 8.95. The molecule has 1 amide bonds. The molecule has 18 heavy (non-hydrogen) atoms. The van der Waals surface area contributed by atoms with E-state index in [2.05, 4.69) is 26.2 Å². The number of anilines is 1. The fraction of sp³-hybridized carbons (Fsp3) is 0.0769. The van der Waals surface area contributed by atoms with Crippen LogP contribution >= 0.6 is 27.5 Å². The van der Waals surface area contributed by atoms with E-state index in [4.69, 9.17) is 11.6 Å². The highest BCUT2D eigenvalue weighted by Gasteiger charge is 2.06. The van der Waals surface area contributed by atoms with Gasteiger partial charge in [-0.3, -0.25) is 9.78 Å². The third kappa shape index (κ3) is 3.55. The Bertz CT molecular complexity index is 557. The van der Waals surface area contributed by atoms with Crippen molar-refractivity contribution in [2.45, 2.75) is 6.42 Å². The van der Waals surface area contributed by atoms with Crippen molar-refractivity contribution in [3.63, 3.8) is 0 Å². The van der Waals surface area contributed by atoms with Gasteiger partial charge in [0.2, 0.25) is 5.91 Å². The van der Waals surface area contributed by atoms with Gasteiger partial charge in [-0.15, -0.1) is 0 Å². The number of hydrogen-bond donors (Lipinski definition) is 1. The first-order chi connectivity index (χ1) is 8.65. The van der Waals surface area contributed by atoms with Crippen LogP contribution in [0.4, 0.5) is 5.69 Å². The first-order valence-corrected chi connectivity index (χ1v) is 6.46. The molecule has 0 unspecified atom stereocenters. The van der Waals surface area contributed by atoms with E-state index >= 15 is 0 Å². The van der Waals surface area contributed by atoms with Crippen molar-refractivity contribution in [1.29, 1.82) is 0 Å². The molecule has 0 saturated heterocycles. The molecule has 2 rings (SSSR count). The van der Waals surface area contributed by atoms with Crippen LogP contribution in [-0.2, 0) is 11.2 Å². The fourth-order valence-electron chi connectivity index (χ4n) is 1.46. The molecule has 1 aromatic heterocycles. The molecule has 0 saturated carbocycles. The zero-order valence-corrected chi connectivity index (χ0v) is 11.7. The zero-order chi connectivity index (χ0) is 13.0. The molecular formula is C13H10BrClN2O. The van der Waals surface area contributed by atoms with E-state index in [1.165, 1.54) is 0 Å². The molecule has 0 fully saturated rings. The van der Waals surface area contributed by atoms with Crippen LogP contribution in [0.3, 0.4) is 0 Å². The number of nitrogens with zero attached hydrogens (tertiary/aromatic N) is 1. The first-order valence-electron chi connectivity index (χ1n) is 5.29. The monoisotopic (exact) mass is 324 g/mol. The highest BCUT2D eigenvalue weighted by atomic mass is 79.9. The second-order valence-electron chi connectivity index (χ2n) is 3.71. The van der Waals surface area contributed by atoms with E-state index in [9.17, 15) is 4.79 Å². The van der Waals surface area contributed by atoms with Gasteiger partial charge in [0.1, 0.15) is 0 Å². The smallest absolute Gasteiger partial charge is 0.228 e. The van der Waals surface area contributed by atoms with Gasteiger partial charge in [-0.1, -0.05) is 23.7 Å². The van der Waals surface area contributed by atoms with Crippen molar-refractivity contribution in [3.8, 4) is 0 Å². The summed E-state index contributed by atoms with van der Waals surface area (Å²) in [5.74, 6) is -0.0794. The van der Waals surface area contributed by atoms with Gasteiger partial charge in [0.25, 0.3) is 0 Å². The van der Waals surface area contributed by atoms with Crippen molar-refractivity contribution in [2.24, 2.45) is 0 Å². The third-order valence-electron chi connectivity index (χ3n) is 2.32.